The van der Waals surface area contributed by atoms with E-state index in [-0.39, 0.29) is 18.0 Å². The van der Waals surface area contributed by atoms with Gasteiger partial charge in [0.15, 0.2) is 0 Å². The lowest BCUT2D eigenvalue weighted by molar-refractivity contribution is -0.117. The Kier molecular flexibility index (Phi) is 4.92. The van der Waals surface area contributed by atoms with Crippen LogP contribution in [0.25, 0.3) is 0 Å². The standard InChI is InChI=1S/C18H25N3O3/c1-13-5-4-8-20(11-13)18(23)19-14-9-17(22)21(12-14)15-6-3-7-16(10-15)24-2/h3,6-7,10,13-14H,4-5,8-9,11-12H2,1-2H3,(H,19,23)/t13-,14+/m1/s1. The molecule has 1 N–H and O–H groups in total. The quantitative estimate of drug-likeness (QED) is 0.924. The van der Waals surface area contributed by atoms with Gasteiger partial charge in [-0.25, -0.2) is 4.79 Å². The van der Waals surface area contributed by atoms with Crippen molar-refractivity contribution in [2.24, 2.45) is 5.92 Å². The van der Waals surface area contributed by atoms with Crippen LogP contribution < -0.4 is 15.0 Å². The molecule has 0 spiro atoms. The number of carbonyl (C=O) groups excluding carboxylic acids is 2. The van der Waals surface area contributed by atoms with Crippen LogP contribution in [0.1, 0.15) is 26.2 Å². The molecule has 1 aromatic rings. The molecule has 6 heteroatoms. The first-order chi connectivity index (χ1) is 11.6. The van der Waals surface area contributed by atoms with E-state index in [4.69, 9.17) is 4.74 Å². The molecule has 0 aromatic heterocycles. The third-order valence-corrected chi connectivity index (χ3v) is 4.76. The Hall–Kier alpha value is -2.24. The van der Waals surface area contributed by atoms with Crippen LogP contribution in [0.3, 0.4) is 0 Å². The molecule has 2 saturated heterocycles. The number of piperidine rings is 1. The highest BCUT2D eigenvalue weighted by atomic mass is 16.5. The Balaban J connectivity index is 1.61. The zero-order valence-electron chi connectivity index (χ0n) is 14.3. The number of ether oxygens (including phenoxy) is 1. The average molecular weight is 331 g/mol. The Bertz CT molecular complexity index is 619. The summed E-state index contributed by atoms with van der Waals surface area (Å²) in [4.78, 5) is 28.3. The maximum absolute atomic E-state index is 12.4. The van der Waals surface area contributed by atoms with Gasteiger partial charge in [0.05, 0.1) is 13.2 Å². The van der Waals surface area contributed by atoms with Crippen molar-refractivity contribution in [3.05, 3.63) is 24.3 Å². The average Bonchev–Trinajstić information content (AvgIpc) is 2.95. The third-order valence-electron chi connectivity index (χ3n) is 4.76. The summed E-state index contributed by atoms with van der Waals surface area (Å²) in [6.45, 7) is 4.27. The maximum Gasteiger partial charge on any atom is 0.317 e. The van der Waals surface area contributed by atoms with E-state index in [0.29, 0.717) is 18.9 Å². The Morgan fingerprint density at radius 2 is 2.17 bits per heavy atom. The lowest BCUT2D eigenvalue weighted by Gasteiger charge is -2.31. The van der Waals surface area contributed by atoms with Crippen molar-refractivity contribution in [2.75, 3.05) is 31.6 Å². The van der Waals surface area contributed by atoms with Gasteiger partial charge in [0.25, 0.3) is 0 Å². The smallest absolute Gasteiger partial charge is 0.317 e. The van der Waals surface area contributed by atoms with Crippen molar-refractivity contribution < 1.29 is 14.3 Å². The van der Waals surface area contributed by atoms with E-state index in [2.05, 4.69) is 12.2 Å². The number of methoxy groups -OCH3 is 1. The van der Waals surface area contributed by atoms with Gasteiger partial charge >= 0.3 is 6.03 Å². The van der Waals surface area contributed by atoms with E-state index >= 15 is 0 Å². The van der Waals surface area contributed by atoms with Gasteiger partial charge in [-0.3, -0.25) is 4.79 Å². The van der Waals surface area contributed by atoms with Crippen LogP contribution in [0, 0.1) is 5.92 Å². The second kappa shape index (κ2) is 7.11. The zero-order chi connectivity index (χ0) is 17.1. The van der Waals surface area contributed by atoms with Crippen molar-refractivity contribution in [2.45, 2.75) is 32.2 Å². The highest BCUT2D eigenvalue weighted by molar-refractivity contribution is 5.97. The first-order valence-electron chi connectivity index (χ1n) is 8.56. The van der Waals surface area contributed by atoms with Gasteiger partial charge in [0.1, 0.15) is 5.75 Å². The maximum atomic E-state index is 12.4. The van der Waals surface area contributed by atoms with Crippen LogP contribution in [0.2, 0.25) is 0 Å². The molecule has 0 bridgehead atoms. The Morgan fingerprint density at radius 3 is 2.92 bits per heavy atom. The zero-order valence-corrected chi connectivity index (χ0v) is 14.3. The molecule has 0 unspecified atom stereocenters. The molecule has 2 aliphatic heterocycles. The molecule has 1 aromatic carbocycles. The number of amides is 3. The molecule has 2 heterocycles. The fraction of sp³-hybridized carbons (Fsp3) is 0.556. The van der Waals surface area contributed by atoms with Crippen LogP contribution in [-0.4, -0.2) is 49.6 Å². The SMILES string of the molecule is COc1cccc(N2C[C@@H](NC(=O)N3CCC[C@@H](C)C3)CC2=O)c1. The number of likely N-dealkylation sites (tertiary alicyclic amines) is 1. The largest absolute Gasteiger partial charge is 0.497 e. The summed E-state index contributed by atoms with van der Waals surface area (Å²) in [5.74, 6) is 1.29. The van der Waals surface area contributed by atoms with Crippen molar-refractivity contribution in [1.29, 1.82) is 0 Å². The normalized spacial score (nSPS) is 24.2. The van der Waals surface area contributed by atoms with Crippen LogP contribution in [0.4, 0.5) is 10.5 Å². The summed E-state index contributed by atoms with van der Waals surface area (Å²) in [5, 5.41) is 3.02. The predicted octanol–water partition coefficient (Wildman–Crippen LogP) is 2.24. The summed E-state index contributed by atoms with van der Waals surface area (Å²) >= 11 is 0. The van der Waals surface area contributed by atoms with E-state index in [1.807, 2.05) is 29.2 Å². The molecule has 3 amide bonds. The molecule has 2 atom stereocenters. The van der Waals surface area contributed by atoms with E-state index in [1.54, 1.807) is 12.0 Å². The van der Waals surface area contributed by atoms with Crippen LogP contribution in [-0.2, 0) is 4.79 Å². The monoisotopic (exact) mass is 331 g/mol. The molecule has 130 valence electrons. The summed E-state index contributed by atoms with van der Waals surface area (Å²) in [6.07, 6.45) is 2.57. The van der Waals surface area contributed by atoms with Gasteiger partial charge in [0, 0.05) is 37.8 Å². The molecule has 6 nitrogen and oxygen atoms in total. The number of rotatable bonds is 3. The first kappa shape index (κ1) is 16.6. The van der Waals surface area contributed by atoms with Crippen molar-refractivity contribution >= 4 is 17.6 Å². The minimum absolute atomic E-state index is 0.0283. The number of nitrogens with zero attached hydrogens (tertiary/aromatic N) is 2. The molecule has 0 radical (unpaired) electrons. The third kappa shape index (κ3) is 3.63. The molecule has 2 aliphatic rings. The van der Waals surface area contributed by atoms with Crippen LogP contribution >= 0.6 is 0 Å². The number of anilines is 1. The summed E-state index contributed by atoms with van der Waals surface area (Å²) < 4.78 is 5.22. The van der Waals surface area contributed by atoms with Gasteiger partial charge in [-0.1, -0.05) is 13.0 Å². The van der Waals surface area contributed by atoms with E-state index < -0.39 is 0 Å². The predicted molar refractivity (Wildman–Crippen MR) is 92.3 cm³/mol. The number of benzene rings is 1. The molecule has 24 heavy (non-hydrogen) atoms. The Labute approximate surface area is 142 Å². The van der Waals surface area contributed by atoms with E-state index in [1.165, 1.54) is 6.42 Å². The Morgan fingerprint density at radius 1 is 1.33 bits per heavy atom. The fourth-order valence-corrected chi connectivity index (χ4v) is 3.47. The fourth-order valence-electron chi connectivity index (χ4n) is 3.47. The number of nitrogens with one attached hydrogen (secondary N) is 1. The van der Waals surface area contributed by atoms with E-state index in [9.17, 15) is 9.59 Å². The lowest BCUT2D eigenvalue weighted by atomic mass is 10.0. The van der Waals surface area contributed by atoms with Crippen LogP contribution in [0.5, 0.6) is 5.75 Å². The number of urea groups is 1. The lowest BCUT2D eigenvalue weighted by Crippen LogP contribution is -2.49. The van der Waals surface area contributed by atoms with Crippen molar-refractivity contribution in [1.82, 2.24) is 10.2 Å². The summed E-state index contributed by atoms with van der Waals surface area (Å²) in [6, 6.07) is 7.24. The molecule has 0 saturated carbocycles. The van der Waals surface area contributed by atoms with Crippen LogP contribution in [0.15, 0.2) is 24.3 Å². The first-order valence-corrected chi connectivity index (χ1v) is 8.56. The molecular weight excluding hydrogens is 306 g/mol. The van der Waals surface area contributed by atoms with E-state index in [0.717, 1.165) is 30.9 Å². The highest BCUT2D eigenvalue weighted by Gasteiger charge is 2.33. The second-order valence-electron chi connectivity index (χ2n) is 6.75. The number of hydrogen-bond donors (Lipinski definition) is 1. The second-order valence-corrected chi connectivity index (χ2v) is 6.75. The summed E-state index contributed by atoms with van der Waals surface area (Å²) in [5.41, 5.74) is 0.808. The molecule has 2 fully saturated rings. The number of hydrogen-bond acceptors (Lipinski definition) is 3. The summed E-state index contributed by atoms with van der Waals surface area (Å²) in [7, 11) is 1.60. The van der Waals surface area contributed by atoms with Gasteiger partial charge in [-0.2, -0.15) is 0 Å². The molecule has 0 aliphatic carbocycles. The van der Waals surface area contributed by atoms with Gasteiger partial charge in [0.2, 0.25) is 5.91 Å². The molecule has 3 rings (SSSR count). The minimum atomic E-state index is -0.145. The van der Waals surface area contributed by atoms with Gasteiger partial charge in [-0.05, 0) is 30.9 Å². The van der Waals surface area contributed by atoms with Crippen molar-refractivity contribution in [3.63, 3.8) is 0 Å². The molecular formula is C18H25N3O3. The van der Waals surface area contributed by atoms with Crippen molar-refractivity contribution in [3.8, 4) is 5.75 Å². The highest BCUT2D eigenvalue weighted by Crippen LogP contribution is 2.25. The van der Waals surface area contributed by atoms with Gasteiger partial charge in [-0.15, -0.1) is 0 Å². The number of carbonyl (C=O) groups is 2. The van der Waals surface area contributed by atoms with Gasteiger partial charge < -0.3 is 19.9 Å². The topological polar surface area (TPSA) is 61.9 Å². The minimum Gasteiger partial charge on any atom is -0.497 e.